The van der Waals surface area contributed by atoms with E-state index >= 15 is 0 Å². The van der Waals surface area contributed by atoms with Gasteiger partial charge in [0.05, 0.1) is 16.3 Å². The van der Waals surface area contributed by atoms with Crippen molar-refractivity contribution in [1.29, 1.82) is 0 Å². The maximum atomic E-state index is 11.6. The topological polar surface area (TPSA) is 84.2 Å². The van der Waals surface area contributed by atoms with Gasteiger partial charge in [-0.15, -0.1) is 0 Å². The van der Waals surface area contributed by atoms with E-state index in [2.05, 4.69) is 10.0 Å². The van der Waals surface area contributed by atoms with Crippen molar-refractivity contribution >= 4 is 21.4 Å². The van der Waals surface area contributed by atoms with Crippen LogP contribution >= 0.6 is 0 Å². The second-order valence-electron chi connectivity index (χ2n) is 3.76. The fraction of sp³-hybridized carbons (Fsp3) is 0.400. The van der Waals surface area contributed by atoms with Gasteiger partial charge in [0.25, 0.3) is 0 Å². The smallest absolute Gasteiger partial charge is 0.240 e. The second-order valence-corrected chi connectivity index (χ2v) is 5.64. The number of nitrogens with one attached hydrogen (secondary N) is 2. The monoisotopic (exact) mass is 243 g/mol. The molecule has 1 aromatic carbocycles. The number of hydrogen-bond donors (Lipinski definition) is 3. The van der Waals surface area contributed by atoms with Gasteiger partial charge in [-0.2, -0.15) is 0 Å². The van der Waals surface area contributed by atoms with E-state index in [1.165, 1.54) is 19.2 Å². The summed E-state index contributed by atoms with van der Waals surface area (Å²) in [6.07, 6.45) is 0. The van der Waals surface area contributed by atoms with Crippen molar-refractivity contribution in [2.24, 2.45) is 0 Å². The van der Waals surface area contributed by atoms with E-state index in [-0.39, 0.29) is 10.9 Å². The number of sulfonamides is 1. The molecule has 0 unspecified atom stereocenters. The molecule has 5 nitrogen and oxygen atoms in total. The van der Waals surface area contributed by atoms with Crippen LogP contribution in [0.3, 0.4) is 0 Å². The molecule has 0 atom stereocenters. The molecule has 0 fully saturated rings. The molecule has 6 heteroatoms. The van der Waals surface area contributed by atoms with Gasteiger partial charge in [-0.25, -0.2) is 13.1 Å². The summed E-state index contributed by atoms with van der Waals surface area (Å²) >= 11 is 0. The Morgan fingerprint density at radius 1 is 1.31 bits per heavy atom. The maximum Gasteiger partial charge on any atom is 0.240 e. The van der Waals surface area contributed by atoms with E-state index in [1.807, 2.05) is 13.8 Å². The quantitative estimate of drug-likeness (QED) is 0.689. The zero-order valence-corrected chi connectivity index (χ0v) is 10.4. The third-order valence-electron chi connectivity index (χ3n) is 2.05. The van der Waals surface area contributed by atoms with Crippen molar-refractivity contribution in [3.05, 3.63) is 18.2 Å². The van der Waals surface area contributed by atoms with Crippen LogP contribution in [0.5, 0.6) is 0 Å². The number of benzene rings is 1. The van der Waals surface area contributed by atoms with Gasteiger partial charge in [-0.05, 0) is 39.1 Å². The molecule has 1 aromatic rings. The first kappa shape index (κ1) is 12.8. The molecular weight excluding hydrogens is 226 g/mol. The molecule has 0 radical (unpaired) electrons. The highest BCUT2D eigenvalue weighted by atomic mass is 32.2. The van der Waals surface area contributed by atoms with Gasteiger partial charge >= 0.3 is 0 Å². The predicted octanol–water partition coefficient (Wildman–Crippen LogP) is 0.997. The maximum absolute atomic E-state index is 11.6. The Balaban J connectivity index is 3.17. The normalized spacial score (nSPS) is 11.8. The van der Waals surface area contributed by atoms with Gasteiger partial charge in [-0.1, -0.05) is 0 Å². The van der Waals surface area contributed by atoms with Crippen LogP contribution in [0.25, 0.3) is 0 Å². The van der Waals surface area contributed by atoms with Gasteiger partial charge in [0.15, 0.2) is 0 Å². The van der Waals surface area contributed by atoms with E-state index in [4.69, 9.17) is 5.73 Å². The summed E-state index contributed by atoms with van der Waals surface area (Å²) in [5, 5.41) is 3.09. The first-order valence-corrected chi connectivity index (χ1v) is 6.44. The van der Waals surface area contributed by atoms with Crippen LogP contribution in [0.4, 0.5) is 11.4 Å². The van der Waals surface area contributed by atoms with Gasteiger partial charge in [0.2, 0.25) is 10.0 Å². The molecule has 0 aliphatic heterocycles. The van der Waals surface area contributed by atoms with E-state index in [1.54, 1.807) is 6.07 Å². The largest absolute Gasteiger partial charge is 0.397 e. The predicted molar refractivity (Wildman–Crippen MR) is 65.9 cm³/mol. The molecule has 0 saturated heterocycles. The van der Waals surface area contributed by atoms with Crippen molar-refractivity contribution in [2.75, 3.05) is 18.1 Å². The van der Waals surface area contributed by atoms with Crippen molar-refractivity contribution < 1.29 is 8.42 Å². The Bertz CT molecular complexity index is 469. The van der Waals surface area contributed by atoms with Crippen LogP contribution in [0.2, 0.25) is 0 Å². The molecular formula is C10H17N3O2S. The first-order valence-electron chi connectivity index (χ1n) is 4.96. The molecule has 0 amide bonds. The molecule has 0 aliphatic rings. The standard InChI is InChI=1S/C10H17N3O2S/c1-7(2)13-10-6-8(4-5-9(10)11)16(14,15)12-3/h4-7,12-13H,11H2,1-3H3. The number of nitrogen functional groups attached to an aromatic ring is 1. The van der Waals surface area contributed by atoms with Crippen LogP contribution in [0.15, 0.2) is 23.1 Å². The third-order valence-corrected chi connectivity index (χ3v) is 3.46. The highest BCUT2D eigenvalue weighted by molar-refractivity contribution is 7.89. The van der Waals surface area contributed by atoms with Gasteiger partial charge < -0.3 is 11.1 Å². The summed E-state index contributed by atoms with van der Waals surface area (Å²) in [6, 6.07) is 4.78. The first-order chi connectivity index (χ1) is 7.36. The van der Waals surface area contributed by atoms with Crippen molar-refractivity contribution in [2.45, 2.75) is 24.8 Å². The number of anilines is 2. The lowest BCUT2D eigenvalue weighted by Gasteiger charge is -2.13. The second kappa shape index (κ2) is 4.71. The number of hydrogen-bond acceptors (Lipinski definition) is 4. The molecule has 0 aliphatic carbocycles. The molecule has 16 heavy (non-hydrogen) atoms. The van der Waals surface area contributed by atoms with E-state index < -0.39 is 10.0 Å². The van der Waals surface area contributed by atoms with Crippen LogP contribution < -0.4 is 15.8 Å². The summed E-state index contributed by atoms with van der Waals surface area (Å²) in [5.74, 6) is 0. The summed E-state index contributed by atoms with van der Waals surface area (Å²) in [7, 11) is -2.04. The minimum absolute atomic E-state index is 0.190. The van der Waals surface area contributed by atoms with Gasteiger partial charge in [-0.3, -0.25) is 0 Å². The summed E-state index contributed by atoms with van der Waals surface area (Å²) in [5.41, 5.74) is 6.91. The Morgan fingerprint density at radius 2 is 1.94 bits per heavy atom. The Hall–Kier alpha value is -1.27. The zero-order chi connectivity index (χ0) is 12.3. The van der Waals surface area contributed by atoms with Crippen molar-refractivity contribution in [1.82, 2.24) is 4.72 Å². The number of nitrogens with two attached hydrogens (primary N) is 1. The Labute approximate surface area is 96.1 Å². The molecule has 4 N–H and O–H groups in total. The minimum Gasteiger partial charge on any atom is -0.397 e. The molecule has 0 heterocycles. The molecule has 90 valence electrons. The van der Waals surface area contributed by atoms with E-state index in [0.717, 1.165) is 0 Å². The lowest BCUT2D eigenvalue weighted by molar-refractivity contribution is 0.588. The third kappa shape index (κ3) is 2.86. The van der Waals surface area contributed by atoms with E-state index in [0.29, 0.717) is 11.4 Å². The summed E-state index contributed by atoms with van der Waals surface area (Å²) < 4.78 is 25.4. The van der Waals surface area contributed by atoms with Gasteiger partial charge in [0, 0.05) is 6.04 Å². The van der Waals surface area contributed by atoms with Crippen LogP contribution in [-0.4, -0.2) is 21.5 Å². The lowest BCUT2D eigenvalue weighted by atomic mass is 10.2. The van der Waals surface area contributed by atoms with Crippen LogP contribution in [0, 0.1) is 0 Å². The molecule has 0 spiro atoms. The minimum atomic E-state index is -3.42. The van der Waals surface area contributed by atoms with Gasteiger partial charge in [0.1, 0.15) is 0 Å². The summed E-state index contributed by atoms with van der Waals surface area (Å²) in [6.45, 7) is 3.91. The van der Waals surface area contributed by atoms with Crippen molar-refractivity contribution in [3.63, 3.8) is 0 Å². The Morgan fingerprint density at radius 3 is 2.44 bits per heavy atom. The highest BCUT2D eigenvalue weighted by Gasteiger charge is 2.13. The van der Waals surface area contributed by atoms with E-state index in [9.17, 15) is 8.42 Å². The fourth-order valence-electron chi connectivity index (χ4n) is 1.26. The molecule has 1 rings (SSSR count). The average molecular weight is 243 g/mol. The average Bonchev–Trinajstić information content (AvgIpc) is 2.20. The summed E-state index contributed by atoms with van der Waals surface area (Å²) in [4.78, 5) is 0.201. The molecule has 0 aromatic heterocycles. The Kier molecular flexibility index (Phi) is 3.77. The van der Waals surface area contributed by atoms with Crippen molar-refractivity contribution in [3.8, 4) is 0 Å². The highest BCUT2D eigenvalue weighted by Crippen LogP contribution is 2.23. The fourth-order valence-corrected chi connectivity index (χ4v) is 2.01. The zero-order valence-electron chi connectivity index (χ0n) is 9.61. The lowest BCUT2D eigenvalue weighted by Crippen LogP contribution is -2.19. The number of rotatable bonds is 4. The van der Waals surface area contributed by atoms with Crippen LogP contribution in [0.1, 0.15) is 13.8 Å². The molecule has 0 saturated carbocycles. The SMILES string of the molecule is CNS(=O)(=O)c1ccc(N)c(NC(C)C)c1. The van der Waals surface area contributed by atoms with Crippen LogP contribution in [-0.2, 0) is 10.0 Å². The molecule has 0 bridgehead atoms.